The number of amides is 1. The van der Waals surface area contributed by atoms with E-state index in [9.17, 15) is 19.8 Å². The lowest BCUT2D eigenvalue weighted by atomic mass is 9.91. The number of nitrogens with one attached hydrogen (secondary N) is 1. The van der Waals surface area contributed by atoms with E-state index >= 15 is 0 Å². The second-order valence-electron chi connectivity index (χ2n) is 11.0. The predicted octanol–water partition coefficient (Wildman–Crippen LogP) is 6.37. The molecule has 0 spiro atoms. The summed E-state index contributed by atoms with van der Waals surface area (Å²) in [4.78, 5) is 23.9. The zero-order valence-corrected chi connectivity index (χ0v) is 26.9. The highest BCUT2D eigenvalue weighted by Gasteiger charge is 2.33. The third-order valence-electron chi connectivity index (χ3n) is 7.37. The van der Waals surface area contributed by atoms with E-state index in [-0.39, 0.29) is 18.9 Å². The Morgan fingerprint density at radius 1 is 0.750 bits per heavy atom. The van der Waals surface area contributed by atoms with Crippen molar-refractivity contribution >= 4 is 35.1 Å². The molecule has 0 unspecified atom stereocenters. The average molecular weight is 694 g/mol. The Labute approximate surface area is 290 Å². The van der Waals surface area contributed by atoms with Crippen LogP contribution in [0.25, 0.3) is 0 Å². The maximum atomic E-state index is 12.2. The molecule has 4 heterocycles. The molecule has 2 aliphatic rings. The van der Waals surface area contributed by atoms with Crippen LogP contribution in [0.3, 0.4) is 0 Å². The van der Waals surface area contributed by atoms with Crippen molar-refractivity contribution < 1.29 is 33.7 Å². The first kappa shape index (κ1) is 38.0. The van der Waals surface area contributed by atoms with Crippen molar-refractivity contribution in [3.63, 3.8) is 0 Å². The van der Waals surface area contributed by atoms with Crippen molar-refractivity contribution in [3.05, 3.63) is 118 Å². The largest absolute Gasteiger partial charge is 0.478 e. The summed E-state index contributed by atoms with van der Waals surface area (Å²) in [5.74, 6) is 10.8. The van der Waals surface area contributed by atoms with E-state index in [1.54, 1.807) is 29.2 Å². The number of carboxylic acid groups (broad SMARTS) is 1. The van der Waals surface area contributed by atoms with Gasteiger partial charge in [-0.3, -0.25) is 4.79 Å². The fourth-order valence-electron chi connectivity index (χ4n) is 4.63. The van der Waals surface area contributed by atoms with Gasteiger partial charge in [0, 0.05) is 47.1 Å². The number of aliphatic hydroxyl groups is 2. The molecule has 2 aromatic heterocycles. The number of hydrogen-bond acceptors (Lipinski definition) is 7. The van der Waals surface area contributed by atoms with Gasteiger partial charge >= 0.3 is 5.97 Å². The van der Waals surface area contributed by atoms with E-state index in [2.05, 4.69) is 33.4 Å². The lowest BCUT2D eigenvalue weighted by molar-refractivity contribution is 0.0248. The van der Waals surface area contributed by atoms with Crippen molar-refractivity contribution in [2.45, 2.75) is 44.3 Å². The molecule has 6 rings (SSSR count). The van der Waals surface area contributed by atoms with Gasteiger partial charge in [-0.2, -0.15) is 0 Å². The molecule has 0 radical (unpaired) electrons. The van der Waals surface area contributed by atoms with Gasteiger partial charge in [-0.05, 0) is 74.5 Å². The SMILES string of the molecule is C.O=C(O)c1ccoc1.O=C(c1ccoc1)N1CCC(O)(C#Cc2cccc(Cl)c2)CC1.OC1(C#Cc2cccc(Cl)c2)CCNCC1. The number of aromatic carboxylic acids is 1. The zero-order valence-electron chi connectivity index (χ0n) is 25.4. The first-order valence-corrected chi connectivity index (χ1v) is 15.6. The van der Waals surface area contributed by atoms with Crippen LogP contribution in [0, 0.1) is 23.7 Å². The molecule has 4 aromatic rings. The van der Waals surface area contributed by atoms with Crippen LogP contribution in [0.5, 0.6) is 0 Å². The second kappa shape index (κ2) is 18.2. The van der Waals surface area contributed by atoms with Crippen LogP contribution >= 0.6 is 23.2 Å². The van der Waals surface area contributed by atoms with E-state index in [1.165, 1.54) is 31.1 Å². The molecule has 2 fully saturated rings. The van der Waals surface area contributed by atoms with E-state index in [4.69, 9.17) is 32.7 Å². The number of carboxylic acids is 1. The fraction of sp³-hybridized carbons (Fsp3) is 0.297. The van der Waals surface area contributed by atoms with E-state index in [1.807, 2.05) is 30.3 Å². The summed E-state index contributed by atoms with van der Waals surface area (Å²) in [6.07, 6.45) is 7.62. The Bertz CT molecular complexity index is 1730. The zero-order chi connectivity index (χ0) is 33.7. The lowest BCUT2D eigenvalue weighted by Crippen LogP contribution is -2.46. The minimum absolute atomic E-state index is 0. The molecular weight excluding hydrogens is 655 g/mol. The maximum Gasteiger partial charge on any atom is 0.338 e. The average Bonchev–Trinajstić information content (AvgIpc) is 3.80. The molecule has 252 valence electrons. The third kappa shape index (κ3) is 12.0. The quantitative estimate of drug-likeness (QED) is 0.178. The first-order valence-electron chi connectivity index (χ1n) is 14.8. The fourth-order valence-corrected chi connectivity index (χ4v) is 5.02. The molecule has 11 heteroatoms. The van der Waals surface area contributed by atoms with Gasteiger partial charge in [0.25, 0.3) is 5.91 Å². The van der Waals surface area contributed by atoms with Gasteiger partial charge in [0.1, 0.15) is 23.7 Å². The number of benzene rings is 2. The summed E-state index contributed by atoms with van der Waals surface area (Å²) in [6.45, 7) is 2.57. The molecule has 0 saturated carbocycles. The molecule has 2 saturated heterocycles. The van der Waals surface area contributed by atoms with Crippen molar-refractivity contribution in [2.24, 2.45) is 0 Å². The third-order valence-corrected chi connectivity index (χ3v) is 7.84. The van der Waals surface area contributed by atoms with Crippen LogP contribution in [0.4, 0.5) is 0 Å². The van der Waals surface area contributed by atoms with Crippen molar-refractivity contribution in [2.75, 3.05) is 26.2 Å². The standard InChI is InChI=1S/C18H16ClNO3.C13H14ClNO.C5H4O3.CH4/c19-16-3-1-2-14(12-16)4-6-18(22)7-9-20(10-8-18)17(21)15-5-11-23-13-15;14-12-3-1-2-11(10-12)4-5-13(16)6-8-15-9-7-13;6-5(7)4-1-2-8-3-4;/h1-3,5,11-13,22H,7-10H2;1-3,10,15-16H,6-9H2;1-3H,(H,6,7);1H4. The number of likely N-dealkylation sites (tertiary alicyclic amines) is 1. The van der Waals surface area contributed by atoms with Gasteiger partial charge in [-0.25, -0.2) is 4.79 Å². The normalized spacial score (nSPS) is 15.6. The Kier molecular flexibility index (Phi) is 14.4. The molecule has 48 heavy (non-hydrogen) atoms. The minimum Gasteiger partial charge on any atom is -0.478 e. The summed E-state index contributed by atoms with van der Waals surface area (Å²) in [5.41, 5.74) is 0.413. The van der Waals surface area contributed by atoms with Gasteiger partial charge in [0.05, 0.1) is 23.7 Å². The molecule has 9 nitrogen and oxygen atoms in total. The van der Waals surface area contributed by atoms with E-state index < -0.39 is 17.2 Å². The van der Waals surface area contributed by atoms with E-state index in [0.717, 1.165) is 24.2 Å². The maximum absolute atomic E-state index is 12.2. The van der Waals surface area contributed by atoms with Crippen LogP contribution in [0.1, 0.15) is 65.0 Å². The Morgan fingerprint density at radius 3 is 1.65 bits per heavy atom. The Morgan fingerprint density at radius 2 is 1.23 bits per heavy atom. The van der Waals surface area contributed by atoms with Gasteiger partial charge in [-0.15, -0.1) is 0 Å². The predicted molar refractivity (Wildman–Crippen MR) is 185 cm³/mol. The number of rotatable bonds is 2. The van der Waals surface area contributed by atoms with Crippen LogP contribution in [0.15, 0.2) is 94.6 Å². The molecule has 1 amide bonds. The Hall–Kier alpha value is -4.48. The monoisotopic (exact) mass is 692 g/mol. The number of nitrogens with zero attached hydrogens (tertiary/aromatic N) is 1. The number of carbonyl (C=O) groups is 2. The number of hydrogen-bond donors (Lipinski definition) is 4. The molecule has 0 bridgehead atoms. The summed E-state index contributed by atoms with van der Waals surface area (Å²) in [5, 5.41) is 33.4. The Balaban J connectivity index is 0.000000216. The number of furan rings is 2. The molecule has 0 atom stereocenters. The molecule has 2 aliphatic heterocycles. The van der Waals surface area contributed by atoms with Crippen LogP contribution in [-0.4, -0.2) is 69.5 Å². The van der Waals surface area contributed by atoms with Crippen molar-refractivity contribution in [1.29, 1.82) is 0 Å². The van der Waals surface area contributed by atoms with Gasteiger partial charge in [0.15, 0.2) is 0 Å². The molecule has 2 aromatic carbocycles. The first-order chi connectivity index (χ1) is 22.5. The van der Waals surface area contributed by atoms with Crippen LogP contribution < -0.4 is 5.32 Å². The number of carbonyl (C=O) groups excluding carboxylic acids is 1. The van der Waals surface area contributed by atoms with Crippen molar-refractivity contribution in [1.82, 2.24) is 10.2 Å². The minimum atomic E-state index is -1.07. The molecule has 0 aliphatic carbocycles. The summed E-state index contributed by atoms with van der Waals surface area (Å²) < 4.78 is 9.43. The lowest BCUT2D eigenvalue weighted by Gasteiger charge is -2.34. The van der Waals surface area contributed by atoms with E-state index in [0.29, 0.717) is 54.4 Å². The molecule has 4 N–H and O–H groups in total. The van der Waals surface area contributed by atoms with Gasteiger partial charge in [-0.1, -0.05) is 66.4 Å². The van der Waals surface area contributed by atoms with Crippen molar-refractivity contribution in [3.8, 4) is 23.7 Å². The number of piperidine rings is 2. The summed E-state index contributed by atoms with van der Waals surface area (Å²) in [6, 6.07) is 17.6. The molecular formula is C37H38Cl2N2O7. The topological polar surface area (TPSA) is 136 Å². The summed E-state index contributed by atoms with van der Waals surface area (Å²) in [7, 11) is 0. The highest BCUT2D eigenvalue weighted by Crippen LogP contribution is 2.23. The second-order valence-corrected chi connectivity index (χ2v) is 11.8. The highest BCUT2D eigenvalue weighted by molar-refractivity contribution is 6.31. The summed E-state index contributed by atoms with van der Waals surface area (Å²) >= 11 is 11.8. The van der Waals surface area contributed by atoms with Crippen LogP contribution in [-0.2, 0) is 0 Å². The van der Waals surface area contributed by atoms with Crippen LogP contribution in [0.2, 0.25) is 10.0 Å². The van der Waals surface area contributed by atoms with Gasteiger partial charge < -0.3 is 34.4 Å². The highest BCUT2D eigenvalue weighted by atomic mass is 35.5. The smallest absolute Gasteiger partial charge is 0.338 e. The van der Waals surface area contributed by atoms with Gasteiger partial charge in [0.2, 0.25) is 0 Å². The number of halogens is 2.